The molecule has 0 aliphatic rings. The Morgan fingerprint density at radius 1 is 1.47 bits per heavy atom. The highest BCUT2D eigenvalue weighted by molar-refractivity contribution is 6.58. The van der Waals surface area contributed by atoms with Crippen molar-refractivity contribution in [2.24, 2.45) is 0 Å². The van der Waals surface area contributed by atoms with Crippen molar-refractivity contribution in [2.75, 3.05) is 0 Å². The lowest BCUT2D eigenvalue weighted by Crippen LogP contribution is -2.34. The molecule has 0 bridgehead atoms. The van der Waals surface area contributed by atoms with Crippen LogP contribution in [0.5, 0.6) is 0 Å². The Morgan fingerprint density at radius 3 is 2.29 bits per heavy atom. The van der Waals surface area contributed by atoms with Crippen molar-refractivity contribution in [1.82, 2.24) is 9.78 Å². The minimum Gasteiger partial charge on any atom is -0.422 e. The van der Waals surface area contributed by atoms with Crippen LogP contribution >= 0.6 is 0 Å². The highest BCUT2D eigenvalue weighted by atomic mass is 19.4. The lowest BCUT2D eigenvalue weighted by molar-refractivity contribution is -0.165. The zero-order valence-corrected chi connectivity index (χ0v) is 9.02. The molecule has 1 heterocycles. The Kier molecular flexibility index (Phi) is 3.49. The Balaban J connectivity index is 3.34. The number of nitriles is 1. The number of rotatable bonds is 2. The van der Waals surface area contributed by atoms with Crippen LogP contribution in [0.4, 0.5) is 13.2 Å². The maximum absolute atomic E-state index is 12.5. The van der Waals surface area contributed by atoms with Gasteiger partial charge in [0.15, 0.2) is 0 Å². The second-order valence-corrected chi connectivity index (χ2v) is 3.49. The number of alkyl halides is 3. The Labute approximate surface area is 95.2 Å². The molecule has 0 saturated carbocycles. The van der Waals surface area contributed by atoms with Crippen molar-refractivity contribution < 1.29 is 23.2 Å². The molecule has 9 heteroatoms. The van der Waals surface area contributed by atoms with Crippen molar-refractivity contribution in [2.45, 2.75) is 26.1 Å². The molecule has 92 valence electrons. The predicted octanol–water partition coefficient (Wildman–Crippen LogP) is -0.134. The molecule has 0 saturated heterocycles. The summed E-state index contributed by atoms with van der Waals surface area (Å²) < 4.78 is 38.0. The molecule has 0 aromatic carbocycles. The van der Waals surface area contributed by atoms with Gasteiger partial charge in [0.1, 0.15) is 17.7 Å². The maximum atomic E-state index is 12.5. The van der Waals surface area contributed by atoms with Gasteiger partial charge in [-0.05, 0) is 13.8 Å². The summed E-state index contributed by atoms with van der Waals surface area (Å²) in [5.74, 6) is 0. The van der Waals surface area contributed by atoms with Crippen LogP contribution in [0.1, 0.15) is 24.2 Å². The number of hydrogen-bond acceptors (Lipinski definition) is 4. The molecule has 1 unspecified atom stereocenters. The Morgan fingerprint density at radius 2 is 2.00 bits per heavy atom. The van der Waals surface area contributed by atoms with Gasteiger partial charge in [-0.15, -0.1) is 0 Å². The van der Waals surface area contributed by atoms with Crippen LogP contribution < -0.4 is 5.59 Å². The van der Waals surface area contributed by atoms with E-state index in [0.29, 0.717) is 4.68 Å². The summed E-state index contributed by atoms with van der Waals surface area (Å²) in [5, 5.41) is 30.0. The molecule has 0 amide bonds. The summed E-state index contributed by atoms with van der Waals surface area (Å²) in [7, 11) is -2.08. The minimum absolute atomic E-state index is 0.0552. The quantitative estimate of drug-likeness (QED) is 0.713. The molecular formula is C8H9BF3N3O2. The highest BCUT2D eigenvalue weighted by Crippen LogP contribution is 2.30. The average molecular weight is 247 g/mol. The summed E-state index contributed by atoms with van der Waals surface area (Å²) >= 11 is 0. The van der Waals surface area contributed by atoms with Gasteiger partial charge in [0.25, 0.3) is 0 Å². The molecule has 0 aliphatic carbocycles. The number of hydrogen-bond donors (Lipinski definition) is 2. The van der Waals surface area contributed by atoms with E-state index in [1.807, 2.05) is 0 Å². The third-order valence-corrected chi connectivity index (χ3v) is 2.37. The van der Waals surface area contributed by atoms with Gasteiger partial charge < -0.3 is 10.0 Å². The molecule has 0 radical (unpaired) electrons. The van der Waals surface area contributed by atoms with Gasteiger partial charge >= 0.3 is 13.3 Å². The molecule has 1 aromatic heterocycles. The van der Waals surface area contributed by atoms with E-state index in [1.54, 1.807) is 6.07 Å². The lowest BCUT2D eigenvalue weighted by Gasteiger charge is -2.17. The van der Waals surface area contributed by atoms with Crippen LogP contribution in [-0.2, 0) is 0 Å². The van der Waals surface area contributed by atoms with Gasteiger partial charge in [0.05, 0.1) is 11.3 Å². The summed E-state index contributed by atoms with van der Waals surface area (Å²) in [6.45, 7) is 2.13. The number of halogens is 3. The van der Waals surface area contributed by atoms with E-state index in [1.165, 1.54) is 6.92 Å². The Hall–Kier alpha value is -1.53. The van der Waals surface area contributed by atoms with E-state index in [2.05, 4.69) is 5.10 Å². The third-order valence-electron chi connectivity index (χ3n) is 2.37. The van der Waals surface area contributed by atoms with Crippen molar-refractivity contribution >= 4 is 12.7 Å². The first-order chi connectivity index (χ1) is 7.70. The molecule has 2 N–H and O–H groups in total. The first-order valence-electron chi connectivity index (χ1n) is 4.62. The van der Waals surface area contributed by atoms with Crippen LogP contribution in [0, 0.1) is 18.3 Å². The minimum atomic E-state index is -4.53. The fourth-order valence-electron chi connectivity index (χ4n) is 1.38. The van der Waals surface area contributed by atoms with Gasteiger partial charge in [-0.3, -0.25) is 4.68 Å². The second-order valence-electron chi connectivity index (χ2n) is 3.49. The average Bonchev–Trinajstić information content (AvgIpc) is 2.52. The summed E-state index contributed by atoms with van der Waals surface area (Å²) in [4.78, 5) is 0. The van der Waals surface area contributed by atoms with E-state index in [-0.39, 0.29) is 11.3 Å². The van der Waals surface area contributed by atoms with Gasteiger partial charge in [-0.25, -0.2) is 0 Å². The summed E-state index contributed by atoms with van der Waals surface area (Å²) in [6.07, 6.45) is -4.53. The van der Waals surface area contributed by atoms with E-state index < -0.39 is 24.9 Å². The van der Waals surface area contributed by atoms with E-state index in [4.69, 9.17) is 15.3 Å². The normalized spacial score (nSPS) is 13.3. The third kappa shape index (κ3) is 2.43. The Bertz CT molecular complexity index is 464. The summed E-state index contributed by atoms with van der Waals surface area (Å²) in [5.41, 5.74) is -0.780. The first-order valence-corrected chi connectivity index (χ1v) is 4.62. The van der Waals surface area contributed by atoms with Crippen LogP contribution in [0.15, 0.2) is 0 Å². The van der Waals surface area contributed by atoms with Gasteiger partial charge in [-0.2, -0.15) is 23.5 Å². The predicted molar refractivity (Wildman–Crippen MR) is 52.3 cm³/mol. The standard InChI is InChI=1S/C8H9BF3N3O2/c1-4-6(3-13)7(9(16)17)14-15(4)5(2)8(10,11)12/h5,16-17H,1-2H3. The monoisotopic (exact) mass is 247 g/mol. The molecule has 17 heavy (non-hydrogen) atoms. The van der Waals surface area contributed by atoms with Crippen molar-refractivity contribution in [3.05, 3.63) is 11.3 Å². The molecule has 0 spiro atoms. The number of aromatic nitrogens is 2. The molecule has 1 atom stereocenters. The molecule has 0 fully saturated rings. The van der Waals surface area contributed by atoms with Crippen molar-refractivity contribution in [3.8, 4) is 6.07 Å². The highest BCUT2D eigenvalue weighted by Gasteiger charge is 2.40. The largest absolute Gasteiger partial charge is 0.511 e. The molecule has 0 aliphatic heterocycles. The second kappa shape index (κ2) is 4.39. The van der Waals surface area contributed by atoms with E-state index in [0.717, 1.165) is 6.92 Å². The van der Waals surface area contributed by atoms with Crippen LogP contribution in [-0.4, -0.2) is 33.1 Å². The number of nitrogens with zero attached hydrogens (tertiary/aromatic N) is 3. The lowest BCUT2D eigenvalue weighted by atomic mass is 9.83. The van der Waals surface area contributed by atoms with Crippen LogP contribution in [0.25, 0.3) is 0 Å². The fourth-order valence-corrected chi connectivity index (χ4v) is 1.38. The van der Waals surface area contributed by atoms with Crippen molar-refractivity contribution in [3.63, 3.8) is 0 Å². The van der Waals surface area contributed by atoms with Gasteiger partial charge in [-0.1, -0.05) is 0 Å². The van der Waals surface area contributed by atoms with Crippen LogP contribution in [0.3, 0.4) is 0 Å². The summed E-state index contributed by atoms with van der Waals surface area (Å²) in [6, 6.07) is -0.341. The smallest absolute Gasteiger partial charge is 0.422 e. The molecule has 5 nitrogen and oxygen atoms in total. The zero-order chi connectivity index (χ0) is 13.4. The van der Waals surface area contributed by atoms with Gasteiger partial charge in [0, 0.05) is 0 Å². The van der Waals surface area contributed by atoms with Crippen molar-refractivity contribution in [1.29, 1.82) is 5.26 Å². The van der Waals surface area contributed by atoms with E-state index in [9.17, 15) is 13.2 Å². The first kappa shape index (κ1) is 13.5. The fraction of sp³-hybridized carbons (Fsp3) is 0.500. The molecule has 1 rings (SSSR count). The zero-order valence-electron chi connectivity index (χ0n) is 9.02. The molecular weight excluding hydrogens is 238 g/mol. The molecule has 1 aromatic rings. The maximum Gasteiger partial charge on any atom is 0.511 e. The van der Waals surface area contributed by atoms with Crippen LogP contribution in [0.2, 0.25) is 0 Å². The topological polar surface area (TPSA) is 82.1 Å². The van der Waals surface area contributed by atoms with E-state index >= 15 is 0 Å². The SMILES string of the molecule is Cc1c(C#N)c(B(O)O)nn1C(C)C(F)(F)F. The van der Waals surface area contributed by atoms with Gasteiger partial charge in [0.2, 0.25) is 0 Å².